The predicted octanol–water partition coefficient (Wildman–Crippen LogP) is 3.65. The molecule has 0 bridgehead atoms. The van der Waals surface area contributed by atoms with Gasteiger partial charge < -0.3 is 4.57 Å². The van der Waals surface area contributed by atoms with Gasteiger partial charge in [-0.25, -0.2) is 4.98 Å². The maximum absolute atomic E-state index is 4.80. The topological polar surface area (TPSA) is 24.3 Å². The molecule has 0 unspecified atom stereocenters. The molecule has 2 aromatic carbocycles. The molecule has 130 valence electrons. The molecule has 0 N–H and O–H groups in total. The molecule has 3 aromatic rings. The van der Waals surface area contributed by atoms with Gasteiger partial charge in [0.25, 0.3) is 0 Å². The fourth-order valence-corrected chi connectivity index (χ4v) is 3.75. The molecule has 0 spiro atoms. The molecule has 0 amide bonds. The normalized spacial score (nSPS) is 16.6. The summed E-state index contributed by atoms with van der Waals surface area (Å²) >= 11 is 3.50. The van der Waals surface area contributed by atoms with E-state index in [1.165, 1.54) is 11.1 Å². The summed E-state index contributed by atoms with van der Waals surface area (Å²) in [5, 5.41) is 0. The highest BCUT2D eigenvalue weighted by Gasteiger charge is 2.19. The highest BCUT2D eigenvalue weighted by molar-refractivity contribution is 9.10. The molecular weight excluding hydrogens is 376 g/mol. The van der Waals surface area contributed by atoms with Gasteiger partial charge in [-0.1, -0.05) is 40.2 Å². The van der Waals surface area contributed by atoms with Gasteiger partial charge in [0.2, 0.25) is 0 Å². The minimum Gasteiger partial charge on any atom is -0.330 e. The fourth-order valence-electron chi connectivity index (χ4n) is 3.49. The average molecular weight is 399 g/mol. The predicted molar refractivity (Wildman–Crippen MR) is 105 cm³/mol. The Balaban J connectivity index is 1.35. The van der Waals surface area contributed by atoms with Crippen molar-refractivity contribution in [3.8, 4) is 0 Å². The summed E-state index contributed by atoms with van der Waals surface area (Å²) in [6, 6.07) is 17.0. The van der Waals surface area contributed by atoms with Crippen LogP contribution in [0.15, 0.2) is 53.0 Å². The zero-order valence-electron chi connectivity index (χ0n) is 14.5. The van der Waals surface area contributed by atoms with Gasteiger partial charge in [-0.2, -0.15) is 0 Å². The molecule has 1 aliphatic rings. The minimum atomic E-state index is 0.928. The van der Waals surface area contributed by atoms with Crippen molar-refractivity contribution in [2.75, 3.05) is 26.2 Å². The van der Waals surface area contributed by atoms with Crippen molar-refractivity contribution in [2.24, 2.45) is 7.05 Å². The molecule has 1 fully saturated rings. The van der Waals surface area contributed by atoms with E-state index in [0.29, 0.717) is 0 Å². The SMILES string of the molecule is Cn1c(CN2CCN(Cc3ccc(Br)cc3)CC2)nc2ccccc21. The van der Waals surface area contributed by atoms with Crippen LogP contribution in [0.4, 0.5) is 0 Å². The van der Waals surface area contributed by atoms with E-state index in [1.807, 2.05) is 0 Å². The number of imidazole rings is 1. The molecule has 1 aromatic heterocycles. The number of fused-ring (bicyclic) bond motifs is 1. The third-order valence-corrected chi connectivity index (χ3v) is 5.56. The van der Waals surface area contributed by atoms with Crippen molar-refractivity contribution < 1.29 is 0 Å². The number of hydrogen-bond donors (Lipinski definition) is 0. The Bertz CT molecular complexity index is 848. The first kappa shape index (κ1) is 16.8. The molecule has 1 aliphatic heterocycles. The number of aryl methyl sites for hydroxylation is 1. The van der Waals surface area contributed by atoms with E-state index in [0.717, 1.165) is 55.1 Å². The second-order valence-electron chi connectivity index (χ2n) is 6.75. The Labute approximate surface area is 157 Å². The molecule has 4 rings (SSSR count). The molecule has 5 heteroatoms. The van der Waals surface area contributed by atoms with Gasteiger partial charge in [-0.05, 0) is 29.8 Å². The number of aromatic nitrogens is 2. The largest absolute Gasteiger partial charge is 0.330 e. The number of rotatable bonds is 4. The van der Waals surface area contributed by atoms with Gasteiger partial charge >= 0.3 is 0 Å². The zero-order valence-corrected chi connectivity index (χ0v) is 16.1. The number of nitrogens with zero attached hydrogens (tertiary/aromatic N) is 4. The second kappa shape index (κ2) is 7.28. The lowest BCUT2D eigenvalue weighted by molar-refractivity contribution is 0.119. The second-order valence-corrected chi connectivity index (χ2v) is 7.67. The minimum absolute atomic E-state index is 0.928. The number of hydrogen-bond acceptors (Lipinski definition) is 3. The van der Waals surface area contributed by atoms with E-state index in [1.54, 1.807) is 0 Å². The lowest BCUT2D eigenvalue weighted by atomic mass is 10.2. The summed E-state index contributed by atoms with van der Waals surface area (Å²) in [5.74, 6) is 1.16. The van der Waals surface area contributed by atoms with E-state index in [4.69, 9.17) is 4.98 Å². The molecule has 2 heterocycles. The van der Waals surface area contributed by atoms with Crippen LogP contribution >= 0.6 is 15.9 Å². The Kier molecular flexibility index (Phi) is 4.88. The van der Waals surface area contributed by atoms with Crippen LogP contribution in [-0.2, 0) is 20.1 Å². The summed E-state index contributed by atoms with van der Waals surface area (Å²) in [6.45, 7) is 6.38. The van der Waals surface area contributed by atoms with Crippen molar-refractivity contribution in [1.29, 1.82) is 0 Å². The van der Waals surface area contributed by atoms with E-state index >= 15 is 0 Å². The summed E-state index contributed by atoms with van der Waals surface area (Å²) in [4.78, 5) is 9.85. The molecule has 0 radical (unpaired) electrons. The lowest BCUT2D eigenvalue weighted by Crippen LogP contribution is -2.45. The Hall–Kier alpha value is -1.69. The van der Waals surface area contributed by atoms with E-state index < -0.39 is 0 Å². The highest BCUT2D eigenvalue weighted by atomic mass is 79.9. The van der Waals surface area contributed by atoms with Gasteiger partial charge in [0.05, 0.1) is 17.6 Å². The van der Waals surface area contributed by atoms with Crippen LogP contribution in [0.1, 0.15) is 11.4 Å². The Morgan fingerprint density at radius 3 is 2.20 bits per heavy atom. The molecule has 0 aliphatic carbocycles. The lowest BCUT2D eigenvalue weighted by Gasteiger charge is -2.34. The first-order valence-corrected chi connectivity index (χ1v) is 9.58. The maximum atomic E-state index is 4.80. The Morgan fingerprint density at radius 2 is 1.52 bits per heavy atom. The number of piperazine rings is 1. The first-order valence-electron chi connectivity index (χ1n) is 8.78. The van der Waals surface area contributed by atoms with Crippen LogP contribution in [0.2, 0.25) is 0 Å². The summed E-state index contributed by atoms with van der Waals surface area (Å²) in [6.07, 6.45) is 0. The average Bonchev–Trinajstić information content (AvgIpc) is 2.95. The van der Waals surface area contributed by atoms with E-state index in [2.05, 4.69) is 85.9 Å². The standard InChI is InChI=1S/C20H23BrN4/c1-23-19-5-3-2-4-18(19)22-20(23)15-25-12-10-24(11-13-25)14-16-6-8-17(21)9-7-16/h2-9H,10-15H2,1H3. The van der Waals surface area contributed by atoms with Crippen LogP contribution in [0, 0.1) is 0 Å². The summed E-state index contributed by atoms with van der Waals surface area (Å²) < 4.78 is 3.37. The fraction of sp³-hybridized carbons (Fsp3) is 0.350. The molecule has 0 atom stereocenters. The molecule has 4 nitrogen and oxygen atoms in total. The van der Waals surface area contributed by atoms with Crippen LogP contribution in [-0.4, -0.2) is 45.5 Å². The molecule has 1 saturated heterocycles. The quantitative estimate of drug-likeness (QED) is 0.670. The molecular formula is C20H23BrN4. The van der Waals surface area contributed by atoms with Crippen LogP contribution < -0.4 is 0 Å². The van der Waals surface area contributed by atoms with Crippen molar-refractivity contribution >= 4 is 27.0 Å². The van der Waals surface area contributed by atoms with Gasteiger partial charge in [0, 0.05) is 44.2 Å². The third kappa shape index (κ3) is 3.78. The zero-order chi connectivity index (χ0) is 17.2. The third-order valence-electron chi connectivity index (χ3n) is 5.03. The number of halogens is 1. The van der Waals surface area contributed by atoms with Gasteiger partial charge in [0.15, 0.2) is 0 Å². The van der Waals surface area contributed by atoms with Gasteiger partial charge in [-0.3, -0.25) is 9.80 Å². The van der Waals surface area contributed by atoms with Crippen molar-refractivity contribution in [3.05, 3.63) is 64.4 Å². The van der Waals surface area contributed by atoms with Crippen molar-refractivity contribution in [1.82, 2.24) is 19.4 Å². The van der Waals surface area contributed by atoms with Crippen molar-refractivity contribution in [3.63, 3.8) is 0 Å². The first-order chi connectivity index (χ1) is 12.2. The summed E-state index contributed by atoms with van der Waals surface area (Å²) in [7, 11) is 2.12. The monoisotopic (exact) mass is 398 g/mol. The van der Waals surface area contributed by atoms with Gasteiger partial charge in [0.1, 0.15) is 5.82 Å². The Morgan fingerprint density at radius 1 is 0.880 bits per heavy atom. The van der Waals surface area contributed by atoms with Gasteiger partial charge in [-0.15, -0.1) is 0 Å². The van der Waals surface area contributed by atoms with Crippen LogP contribution in [0.5, 0.6) is 0 Å². The molecule has 0 saturated carbocycles. The number of para-hydroxylation sites is 2. The number of benzene rings is 2. The smallest absolute Gasteiger partial charge is 0.123 e. The molecule has 25 heavy (non-hydrogen) atoms. The maximum Gasteiger partial charge on any atom is 0.123 e. The summed E-state index contributed by atoms with van der Waals surface area (Å²) in [5.41, 5.74) is 3.69. The van der Waals surface area contributed by atoms with Crippen LogP contribution in [0.3, 0.4) is 0 Å². The van der Waals surface area contributed by atoms with Crippen molar-refractivity contribution in [2.45, 2.75) is 13.1 Å². The van der Waals surface area contributed by atoms with Crippen LogP contribution in [0.25, 0.3) is 11.0 Å². The highest BCUT2D eigenvalue weighted by Crippen LogP contribution is 2.17. The van der Waals surface area contributed by atoms with E-state index in [-0.39, 0.29) is 0 Å². The van der Waals surface area contributed by atoms with E-state index in [9.17, 15) is 0 Å².